The maximum absolute atomic E-state index is 8.96. The first-order valence-corrected chi connectivity index (χ1v) is 6.61. The van der Waals surface area contributed by atoms with Crippen LogP contribution in [0.3, 0.4) is 0 Å². The molecule has 0 saturated heterocycles. The van der Waals surface area contributed by atoms with E-state index in [-0.39, 0.29) is 13.2 Å². The molecule has 0 heterocycles. The summed E-state index contributed by atoms with van der Waals surface area (Å²) in [6, 6.07) is 0. The highest BCUT2D eigenvalue weighted by Crippen LogP contribution is 2.04. The monoisotopic (exact) mass is 300 g/mol. The molecule has 0 aromatic carbocycles. The number of unbranched alkanes of at least 4 members (excludes halogenated alkanes) is 3. The molecule has 0 fully saturated rings. The molecule has 0 amide bonds. The average molecular weight is 300 g/mol. The molecule has 0 aliphatic rings. The lowest BCUT2D eigenvalue weighted by molar-refractivity contribution is -0.123. The van der Waals surface area contributed by atoms with E-state index in [1.807, 2.05) is 0 Å². The number of hydrogen-bond acceptors (Lipinski definition) is 8. The fourth-order valence-electron chi connectivity index (χ4n) is 1.25. The summed E-state index contributed by atoms with van der Waals surface area (Å²) in [5, 5.41) is 68.8. The first-order chi connectivity index (χ1) is 9.45. The van der Waals surface area contributed by atoms with Gasteiger partial charge in [-0.2, -0.15) is 0 Å². The van der Waals surface area contributed by atoms with Gasteiger partial charge in [-0.3, -0.25) is 0 Å². The molecular formula is C12H28O8. The van der Waals surface area contributed by atoms with Crippen LogP contribution in [-0.4, -0.2) is 91.7 Å². The highest BCUT2D eigenvalue weighted by Gasteiger charge is 2.29. The molecule has 0 bridgehead atoms. The van der Waals surface area contributed by atoms with Crippen molar-refractivity contribution in [3.63, 3.8) is 0 Å². The summed E-state index contributed by atoms with van der Waals surface area (Å²) in [7, 11) is 0. The zero-order valence-electron chi connectivity index (χ0n) is 11.5. The Kier molecular flexibility index (Phi) is 16.6. The zero-order valence-corrected chi connectivity index (χ0v) is 11.5. The minimum Gasteiger partial charge on any atom is -0.396 e. The molecule has 0 rings (SSSR count). The number of aliphatic hydroxyl groups is 8. The fraction of sp³-hybridized carbons (Fsp3) is 1.00. The van der Waals surface area contributed by atoms with E-state index < -0.39 is 37.6 Å². The van der Waals surface area contributed by atoms with Crippen LogP contribution < -0.4 is 0 Å². The van der Waals surface area contributed by atoms with Gasteiger partial charge in [0.15, 0.2) is 0 Å². The van der Waals surface area contributed by atoms with Gasteiger partial charge in [0.05, 0.1) is 13.2 Å². The van der Waals surface area contributed by atoms with Gasteiger partial charge in [0.25, 0.3) is 0 Å². The Morgan fingerprint density at radius 1 is 0.500 bits per heavy atom. The van der Waals surface area contributed by atoms with Crippen molar-refractivity contribution in [2.45, 2.75) is 50.1 Å². The molecule has 8 N–H and O–H groups in total. The van der Waals surface area contributed by atoms with E-state index in [0.29, 0.717) is 0 Å². The number of hydrogen-bond donors (Lipinski definition) is 8. The van der Waals surface area contributed by atoms with Crippen molar-refractivity contribution >= 4 is 0 Å². The van der Waals surface area contributed by atoms with E-state index in [9.17, 15) is 0 Å². The summed E-state index contributed by atoms with van der Waals surface area (Å²) in [5.74, 6) is 0. The highest BCUT2D eigenvalue weighted by molar-refractivity contribution is 4.79. The van der Waals surface area contributed by atoms with Crippen LogP contribution in [0.15, 0.2) is 0 Å². The average Bonchev–Trinajstić information content (AvgIpc) is 2.49. The van der Waals surface area contributed by atoms with Gasteiger partial charge in [0.2, 0.25) is 0 Å². The van der Waals surface area contributed by atoms with E-state index >= 15 is 0 Å². The van der Waals surface area contributed by atoms with Gasteiger partial charge < -0.3 is 40.9 Å². The third kappa shape index (κ3) is 11.5. The highest BCUT2D eigenvalue weighted by atomic mass is 16.4. The lowest BCUT2D eigenvalue weighted by atomic mass is 10.0. The van der Waals surface area contributed by atoms with Crippen molar-refractivity contribution < 1.29 is 40.9 Å². The van der Waals surface area contributed by atoms with Crippen LogP contribution in [0.4, 0.5) is 0 Å². The minimum atomic E-state index is -1.67. The fourth-order valence-corrected chi connectivity index (χ4v) is 1.25. The van der Waals surface area contributed by atoms with E-state index in [2.05, 4.69) is 0 Å². The molecule has 0 saturated carbocycles. The van der Waals surface area contributed by atoms with Gasteiger partial charge in [-0.25, -0.2) is 0 Å². The Bertz CT molecular complexity index is 172. The first-order valence-electron chi connectivity index (χ1n) is 6.61. The molecule has 0 aromatic heterocycles. The summed E-state index contributed by atoms with van der Waals surface area (Å²) in [5.41, 5.74) is 0. The van der Waals surface area contributed by atoms with Crippen LogP contribution in [-0.2, 0) is 0 Å². The van der Waals surface area contributed by atoms with Crippen LogP contribution in [0, 0.1) is 0 Å². The molecule has 0 aromatic rings. The van der Waals surface area contributed by atoms with Gasteiger partial charge in [-0.1, -0.05) is 12.8 Å². The van der Waals surface area contributed by atoms with Crippen molar-refractivity contribution in [1.82, 2.24) is 0 Å². The second-order valence-electron chi connectivity index (χ2n) is 4.34. The first kappa shape index (κ1) is 22.0. The van der Waals surface area contributed by atoms with E-state index in [1.54, 1.807) is 0 Å². The molecule has 4 unspecified atom stereocenters. The summed E-state index contributed by atoms with van der Waals surface area (Å²) in [6.07, 6.45) is -2.56. The van der Waals surface area contributed by atoms with Gasteiger partial charge in [0, 0.05) is 13.2 Å². The van der Waals surface area contributed by atoms with Crippen LogP contribution in [0.25, 0.3) is 0 Å². The summed E-state index contributed by atoms with van der Waals surface area (Å²) >= 11 is 0. The van der Waals surface area contributed by atoms with Gasteiger partial charge in [0.1, 0.15) is 24.4 Å². The van der Waals surface area contributed by atoms with Crippen molar-refractivity contribution in [2.24, 2.45) is 0 Å². The molecule has 0 spiro atoms. The minimum absolute atomic E-state index is 0.283. The molecule has 20 heavy (non-hydrogen) atoms. The molecule has 124 valence electrons. The summed E-state index contributed by atoms with van der Waals surface area (Å²) in [6.45, 7) is -0.885. The standard InChI is InChI=1S/C6H14O6.C6H14O2/c7-1-3(9)5(11)6(12)4(10)2-8;7-5-3-1-2-4-6-8/h3-12H,1-2H2;7-8H,1-6H2. The molecule has 8 heteroatoms. The number of rotatable bonds is 10. The van der Waals surface area contributed by atoms with Gasteiger partial charge >= 0.3 is 0 Å². The quantitative estimate of drug-likeness (QED) is 0.197. The van der Waals surface area contributed by atoms with Crippen molar-refractivity contribution in [2.75, 3.05) is 26.4 Å². The Morgan fingerprint density at radius 2 is 0.800 bits per heavy atom. The third-order valence-electron chi connectivity index (χ3n) is 2.58. The van der Waals surface area contributed by atoms with Crippen molar-refractivity contribution in [3.05, 3.63) is 0 Å². The summed E-state index contributed by atoms with van der Waals surface area (Å²) < 4.78 is 0. The molecule has 0 aliphatic carbocycles. The maximum atomic E-state index is 8.96. The Hall–Kier alpha value is -0.320. The topological polar surface area (TPSA) is 162 Å². The van der Waals surface area contributed by atoms with E-state index in [1.165, 1.54) is 0 Å². The van der Waals surface area contributed by atoms with E-state index in [4.69, 9.17) is 40.9 Å². The third-order valence-corrected chi connectivity index (χ3v) is 2.58. The smallest absolute Gasteiger partial charge is 0.111 e. The number of aliphatic hydroxyl groups excluding tert-OH is 8. The normalized spacial score (nSPS) is 16.8. The predicted molar refractivity (Wildman–Crippen MR) is 70.8 cm³/mol. The largest absolute Gasteiger partial charge is 0.396 e. The predicted octanol–water partition coefficient (Wildman–Crippen LogP) is -3.05. The second kappa shape index (κ2) is 15.1. The van der Waals surface area contributed by atoms with Crippen molar-refractivity contribution in [1.29, 1.82) is 0 Å². The lowest BCUT2D eigenvalue weighted by Crippen LogP contribution is -2.46. The van der Waals surface area contributed by atoms with Crippen LogP contribution >= 0.6 is 0 Å². The van der Waals surface area contributed by atoms with Gasteiger partial charge in [-0.05, 0) is 12.8 Å². The molecule has 0 radical (unpaired) electrons. The molecule has 4 atom stereocenters. The maximum Gasteiger partial charge on any atom is 0.111 e. The lowest BCUT2D eigenvalue weighted by Gasteiger charge is -2.24. The Labute approximate surface area is 118 Å². The summed E-state index contributed by atoms with van der Waals surface area (Å²) in [4.78, 5) is 0. The van der Waals surface area contributed by atoms with Crippen LogP contribution in [0.1, 0.15) is 25.7 Å². The van der Waals surface area contributed by atoms with Crippen LogP contribution in [0.2, 0.25) is 0 Å². The molecule has 0 aliphatic heterocycles. The molecule has 8 nitrogen and oxygen atoms in total. The second-order valence-corrected chi connectivity index (χ2v) is 4.34. The molecular weight excluding hydrogens is 272 g/mol. The Balaban J connectivity index is 0. The van der Waals surface area contributed by atoms with Crippen LogP contribution in [0.5, 0.6) is 0 Å². The van der Waals surface area contributed by atoms with Gasteiger partial charge in [-0.15, -0.1) is 0 Å². The SMILES string of the molecule is OCC(O)C(O)C(O)C(O)CO.OCCCCCCO. The Morgan fingerprint density at radius 3 is 1.00 bits per heavy atom. The van der Waals surface area contributed by atoms with Crippen molar-refractivity contribution in [3.8, 4) is 0 Å². The van der Waals surface area contributed by atoms with E-state index in [0.717, 1.165) is 25.7 Å². The zero-order chi connectivity index (χ0) is 16.0.